The normalized spacial score (nSPS) is 11.9. The lowest BCUT2D eigenvalue weighted by atomic mass is 9.66. The van der Waals surface area contributed by atoms with Gasteiger partial charge in [0, 0.05) is 0 Å². The van der Waals surface area contributed by atoms with Gasteiger partial charge in [0.15, 0.2) is 0 Å². The summed E-state index contributed by atoms with van der Waals surface area (Å²) in [7, 11) is 8.30. The van der Waals surface area contributed by atoms with Crippen molar-refractivity contribution >= 4 is 53.2 Å². The minimum absolute atomic E-state index is 0.0923. The molecule has 1 rings (SSSR count). The van der Waals surface area contributed by atoms with Crippen LogP contribution in [0.15, 0.2) is 0 Å². The molecule has 0 heterocycles. The molecule has 20 heavy (non-hydrogen) atoms. The predicted octanol–water partition coefficient (Wildman–Crippen LogP) is -3.58. The van der Waals surface area contributed by atoms with Crippen molar-refractivity contribution in [3.63, 3.8) is 0 Å². The van der Waals surface area contributed by atoms with Gasteiger partial charge in [0.05, 0.1) is 6.61 Å². The number of aliphatic hydroxyl groups excluding tert-OH is 1. The van der Waals surface area contributed by atoms with Gasteiger partial charge >= 0.3 is 0 Å². The molecule has 106 valence electrons. The summed E-state index contributed by atoms with van der Waals surface area (Å²) in [5, 5.41) is 9.55. The summed E-state index contributed by atoms with van der Waals surface area (Å²) in [5.74, 6) is 1.59. The molecule has 0 fully saturated rings. The summed E-state index contributed by atoms with van der Waals surface area (Å²) < 4.78 is 6.35. The zero-order valence-electron chi connectivity index (χ0n) is 14.3. The number of hydrogen-bond donors (Lipinski definition) is 1. The third-order valence-corrected chi connectivity index (χ3v) is 4.15. The van der Waals surface area contributed by atoms with Gasteiger partial charge in [-0.25, -0.2) is 0 Å². The average Bonchev–Trinajstić information content (AvgIpc) is 2.31. The van der Waals surface area contributed by atoms with Crippen molar-refractivity contribution in [2.75, 3.05) is 0 Å². The lowest BCUT2D eigenvalue weighted by Gasteiger charge is -2.32. The standard InChI is InChI=1S/C14H26B4O2/c1-7(2)5-14(3,4)20-13-11(17)9(15)8(6-19)10(16)12(13)18/h7,19H,5-6,15-18H2,1-4H3. The Labute approximate surface area is 127 Å². The Hall–Kier alpha value is -0.760. The van der Waals surface area contributed by atoms with Crippen LogP contribution in [0.1, 0.15) is 39.7 Å². The molecule has 0 aliphatic rings. The van der Waals surface area contributed by atoms with Gasteiger partial charge < -0.3 is 9.84 Å². The quantitative estimate of drug-likeness (QED) is 0.560. The highest BCUT2D eigenvalue weighted by molar-refractivity contribution is 6.58. The van der Waals surface area contributed by atoms with Crippen molar-refractivity contribution in [1.82, 2.24) is 0 Å². The van der Waals surface area contributed by atoms with Crippen LogP contribution in [-0.4, -0.2) is 42.1 Å². The predicted molar refractivity (Wildman–Crippen MR) is 99.2 cm³/mol. The van der Waals surface area contributed by atoms with E-state index in [4.69, 9.17) is 4.74 Å². The monoisotopic (exact) mass is 270 g/mol. The summed E-state index contributed by atoms with van der Waals surface area (Å²) >= 11 is 0. The molecule has 0 unspecified atom stereocenters. The van der Waals surface area contributed by atoms with Crippen LogP contribution in [0.25, 0.3) is 0 Å². The van der Waals surface area contributed by atoms with Crippen molar-refractivity contribution in [1.29, 1.82) is 0 Å². The highest BCUT2D eigenvalue weighted by Gasteiger charge is 2.24. The molecular formula is C14H26B4O2. The van der Waals surface area contributed by atoms with E-state index in [0.717, 1.165) is 39.6 Å². The Kier molecular flexibility index (Phi) is 5.48. The second kappa shape index (κ2) is 6.34. The van der Waals surface area contributed by atoms with E-state index in [2.05, 4.69) is 59.1 Å². The van der Waals surface area contributed by atoms with Crippen LogP contribution in [-0.2, 0) is 6.61 Å². The molecule has 0 saturated carbocycles. The molecule has 0 radical (unpaired) electrons. The maximum atomic E-state index is 9.55. The van der Waals surface area contributed by atoms with E-state index in [-0.39, 0.29) is 12.2 Å². The fourth-order valence-corrected chi connectivity index (χ4v) is 3.05. The fraction of sp³-hybridized carbons (Fsp3) is 0.571. The zero-order chi connectivity index (χ0) is 15.7. The molecule has 2 nitrogen and oxygen atoms in total. The zero-order valence-corrected chi connectivity index (χ0v) is 14.3. The van der Waals surface area contributed by atoms with Gasteiger partial charge in [-0.1, -0.05) is 35.7 Å². The Morgan fingerprint density at radius 2 is 1.45 bits per heavy atom. The minimum atomic E-state index is -0.177. The topological polar surface area (TPSA) is 29.5 Å². The summed E-state index contributed by atoms with van der Waals surface area (Å²) in [6.07, 6.45) is 1.02. The highest BCUT2D eigenvalue weighted by atomic mass is 16.5. The van der Waals surface area contributed by atoms with Gasteiger partial charge in [-0.3, -0.25) is 0 Å². The maximum absolute atomic E-state index is 9.55. The number of rotatable bonds is 5. The fourth-order valence-electron chi connectivity index (χ4n) is 3.05. The van der Waals surface area contributed by atoms with Crippen LogP contribution >= 0.6 is 0 Å². The van der Waals surface area contributed by atoms with Gasteiger partial charge in [-0.2, -0.15) is 0 Å². The van der Waals surface area contributed by atoms with Crippen molar-refractivity contribution in [3.8, 4) is 5.75 Å². The molecule has 1 aromatic rings. The van der Waals surface area contributed by atoms with Crippen molar-refractivity contribution in [2.24, 2.45) is 5.92 Å². The number of benzene rings is 1. The van der Waals surface area contributed by atoms with Crippen molar-refractivity contribution in [2.45, 2.75) is 46.3 Å². The van der Waals surface area contributed by atoms with Crippen LogP contribution in [0.4, 0.5) is 0 Å². The number of aliphatic hydroxyl groups is 1. The largest absolute Gasteiger partial charge is 0.489 e. The molecule has 0 saturated heterocycles. The molecule has 0 aromatic heterocycles. The highest BCUT2D eigenvalue weighted by Crippen LogP contribution is 2.21. The Morgan fingerprint density at radius 1 is 1.00 bits per heavy atom. The average molecular weight is 270 g/mol. The van der Waals surface area contributed by atoms with Gasteiger partial charge in [0.1, 0.15) is 42.7 Å². The molecule has 1 aromatic carbocycles. The third-order valence-electron chi connectivity index (χ3n) is 4.15. The summed E-state index contributed by atoms with van der Waals surface area (Å²) in [4.78, 5) is 0. The molecule has 6 heteroatoms. The molecule has 0 spiro atoms. The molecule has 0 amide bonds. The van der Waals surface area contributed by atoms with Crippen LogP contribution in [0.5, 0.6) is 5.75 Å². The SMILES string of the molecule is Bc1c(B)c(OC(C)(C)CC(C)C)c(B)c(B)c1CO. The molecular weight excluding hydrogens is 243 g/mol. The molecule has 0 bridgehead atoms. The first kappa shape index (κ1) is 17.3. The van der Waals surface area contributed by atoms with E-state index in [1.54, 1.807) is 0 Å². The third kappa shape index (κ3) is 3.66. The van der Waals surface area contributed by atoms with Crippen LogP contribution in [0.3, 0.4) is 0 Å². The van der Waals surface area contributed by atoms with Crippen LogP contribution in [0, 0.1) is 5.92 Å². The van der Waals surface area contributed by atoms with E-state index in [9.17, 15) is 5.11 Å². The molecule has 1 N–H and O–H groups in total. The van der Waals surface area contributed by atoms with Crippen LogP contribution < -0.4 is 26.6 Å². The molecule has 0 aliphatic carbocycles. The van der Waals surface area contributed by atoms with Gasteiger partial charge in [0.2, 0.25) is 0 Å². The molecule has 0 aliphatic heterocycles. The Balaban J connectivity index is 3.27. The Morgan fingerprint density at radius 3 is 1.80 bits per heavy atom. The maximum Gasteiger partial charge on any atom is 0.143 e. The van der Waals surface area contributed by atoms with E-state index in [1.165, 1.54) is 0 Å². The molecule has 0 atom stereocenters. The smallest absolute Gasteiger partial charge is 0.143 e. The summed E-state index contributed by atoms with van der Waals surface area (Å²) in [6, 6.07) is 0. The lowest BCUT2D eigenvalue weighted by Crippen LogP contribution is -2.47. The summed E-state index contributed by atoms with van der Waals surface area (Å²) in [6.45, 7) is 8.83. The first-order chi connectivity index (χ1) is 9.10. The van der Waals surface area contributed by atoms with E-state index >= 15 is 0 Å². The van der Waals surface area contributed by atoms with Gasteiger partial charge in [-0.15, -0.1) is 0 Å². The lowest BCUT2D eigenvalue weighted by molar-refractivity contribution is 0.0878. The van der Waals surface area contributed by atoms with Gasteiger partial charge in [-0.05, 0) is 31.7 Å². The minimum Gasteiger partial charge on any atom is -0.489 e. The van der Waals surface area contributed by atoms with E-state index in [0.29, 0.717) is 5.92 Å². The second-order valence-corrected chi connectivity index (χ2v) is 6.93. The van der Waals surface area contributed by atoms with Crippen molar-refractivity contribution in [3.05, 3.63) is 5.56 Å². The number of hydrogen-bond acceptors (Lipinski definition) is 2. The second-order valence-electron chi connectivity index (χ2n) is 6.93. The van der Waals surface area contributed by atoms with Crippen LogP contribution in [0.2, 0.25) is 0 Å². The Bertz CT molecular complexity index is 469. The first-order valence-electron chi connectivity index (χ1n) is 7.49. The van der Waals surface area contributed by atoms with E-state index in [1.807, 2.05) is 0 Å². The van der Waals surface area contributed by atoms with Crippen molar-refractivity contribution < 1.29 is 9.84 Å². The number of ether oxygens (including phenoxy) is 1. The van der Waals surface area contributed by atoms with Gasteiger partial charge in [0.25, 0.3) is 0 Å². The summed E-state index contributed by atoms with van der Waals surface area (Å²) in [5.41, 5.74) is 5.44. The van der Waals surface area contributed by atoms with E-state index < -0.39 is 0 Å². The first-order valence-corrected chi connectivity index (χ1v) is 7.49.